The zero-order valence-corrected chi connectivity index (χ0v) is 9.93. The highest BCUT2D eigenvalue weighted by atomic mass is 16.5. The molecule has 1 rings (SSSR count). The first-order valence-electron chi connectivity index (χ1n) is 5.10. The highest BCUT2D eigenvalue weighted by Gasteiger charge is 2.25. The minimum absolute atomic E-state index is 0.00898. The molecule has 1 atom stereocenters. The Hall–Kier alpha value is -2.05. The number of carbonyl (C=O) groups is 1. The number of aliphatic carboxylic acids is 1. The molecule has 0 aliphatic heterocycles. The number of nitrogens with one attached hydrogen (secondary N) is 1. The Kier molecular flexibility index (Phi) is 4.08. The number of aromatic nitrogens is 2. The van der Waals surface area contributed by atoms with Crippen molar-refractivity contribution in [2.24, 2.45) is 0 Å². The van der Waals surface area contributed by atoms with Crippen LogP contribution in [0.4, 0.5) is 5.82 Å². The molecule has 7 nitrogen and oxygen atoms in total. The fraction of sp³-hybridized carbons (Fsp3) is 0.500. The van der Waals surface area contributed by atoms with Gasteiger partial charge in [-0.1, -0.05) is 6.92 Å². The summed E-state index contributed by atoms with van der Waals surface area (Å²) >= 11 is 0. The lowest BCUT2D eigenvalue weighted by molar-refractivity contribution is -0.138. The highest BCUT2D eigenvalue weighted by Crippen LogP contribution is 2.21. The molecule has 7 heteroatoms. The number of rotatable bonds is 5. The van der Waals surface area contributed by atoms with Gasteiger partial charge in [0, 0.05) is 7.05 Å². The van der Waals surface area contributed by atoms with E-state index in [1.165, 1.54) is 18.3 Å². The smallest absolute Gasteiger partial charge is 0.326 e. The van der Waals surface area contributed by atoms with Gasteiger partial charge in [-0.2, -0.15) is 0 Å². The van der Waals surface area contributed by atoms with E-state index in [-0.39, 0.29) is 11.6 Å². The van der Waals surface area contributed by atoms with Gasteiger partial charge in [-0.3, -0.25) is 4.79 Å². The quantitative estimate of drug-likeness (QED) is 0.757. The number of hydrogen-bond acceptors (Lipinski definition) is 5. The third-order valence-corrected chi connectivity index (χ3v) is 2.47. The molecule has 94 valence electrons. The van der Waals surface area contributed by atoms with E-state index in [2.05, 4.69) is 9.97 Å². The van der Waals surface area contributed by atoms with Gasteiger partial charge >= 0.3 is 5.97 Å². The molecule has 1 unspecified atom stereocenters. The molecule has 0 amide bonds. The van der Waals surface area contributed by atoms with Crippen LogP contribution < -0.4 is 15.2 Å². The SMILES string of the molecule is CCC(C(=O)O)N(C)c1nc[nH]c(=O)c1OC. The van der Waals surface area contributed by atoms with Crippen LogP contribution in [0.1, 0.15) is 13.3 Å². The molecule has 1 aromatic heterocycles. The molecule has 1 aromatic rings. The summed E-state index contributed by atoms with van der Waals surface area (Å²) in [6, 6.07) is -0.752. The maximum Gasteiger partial charge on any atom is 0.326 e. The standard InChI is InChI=1S/C10H15N3O4/c1-4-6(10(15)16)13(2)8-7(17-3)9(14)12-5-11-8/h5-6H,4H2,1-3H3,(H,15,16)(H,11,12,14). The van der Waals surface area contributed by atoms with Crippen LogP contribution in [0.3, 0.4) is 0 Å². The molecular weight excluding hydrogens is 226 g/mol. The van der Waals surface area contributed by atoms with Crippen molar-refractivity contribution >= 4 is 11.8 Å². The molecule has 0 fully saturated rings. The maximum absolute atomic E-state index is 11.5. The second kappa shape index (κ2) is 5.33. The van der Waals surface area contributed by atoms with E-state index in [1.807, 2.05) is 0 Å². The third kappa shape index (κ3) is 2.55. The number of carboxylic acids is 1. The van der Waals surface area contributed by atoms with Crippen LogP contribution in [0.15, 0.2) is 11.1 Å². The van der Waals surface area contributed by atoms with Crippen molar-refractivity contribution in [2.75, 3.05) is 19.1 Å². The van der Waals surface area contributed by atoms with Crippen LogP contribution >= 0.6 is 0 Å². The summed E-state index contributed by atoms with van der Waals surface area (Å²) < 4.78 is 4.93. The summed E-state index contributed by atoms with van der Waals surface area (Å²) in [7, 11) is 2.90. The molecule has 2 N–H and O–H groups in total. The number of methoxy groups -OCH3 is 1. The minimum Gasteiger partial charge on any atom is -0.489 e. The van der Waals surface area contributed by atoms with Crippen molar-refractivity contribution in [3.05, 3.63) is 16.7 Å². The molecule has 0 aromatic carbocycles. The highest BCUT2D eigenvalue weighted by molar-refractivity contribution is 5.78. The Labute approximate surface area is 98.1 Å². The summed E-state index contributed by atoms with van der Waals surface area (Å²) in [5, 5.41) is 9.04. The summed E-state index contributed by atoms with van der Waals surface area (Å²) in [6.07, 6.45) is 1.61. The first-order valence-corrected chi connectivity index (χ1v) is 5.10. The topological polar surface area (TPSA) is 95.5 Å². The second-order valence-electron chi connectivity index (χ2n) is 3.46. The Morgan fingerprint density at radius 3 is 2.82 bits per heavy atom. The molecule has 0 aliphatic carbocycles. The van der Waals surface area contributed by atoms with Crippen LogP contribution in [-0.4, -0.2) is 41.2 Å². The van der Waals surface area contributed by atoms with Gasteiger partial charge in [0.05, 0.1) is 13.4 Å². The van der Waals surface area contributed by atoms with E-state index in [1.54, 1.807) is 14.0 Å². The average molecular weight is 241 g/mol. The third-order valence-electron chi connectivity index (χ3n) is 2.47. The first kappa shape index (κ1) is 13.0. The summed E-state index contributed by atoms with van der Waals surface area (Å²) in [5.74, 6) is -0.751. The lowest BCUT2D eigenvalue weighted by Crippen LogP contribution is -2.39. The Bertz CT molecular complexity index is 457. The van der Waals surface area contributed by atoms with Crippen molar-refractivity contribution in [3.8, 4) is 5.75 Å². The largest absolute Gasteiger partial charge is 0.489 e. The van der Waals surface area contributed by atoms with Crippen LogP contribution in [0.25, 0.3) is 0 Å². The van der Waals surface area contributed by atoms with E-state index < -0.39 is 17.6 Å². The zero-order chi connectivity index (χ0) is 13.0. The van der Waals surface area contributed by atoms with Crippen LogP contribution in [-0.2, 0) is 4.79 Å². The number of anilines is 1. The normalized spacial score (nSPS) is 11.9. The summed E-state index contributed by atoms with van der Waals surface area (Å²) in [6.45, 7) is 1.74. The van der Waals surface area contributed by atoms with Crippen molar-refractivity contribution in [1.29, 1.82) is 0 Å². The number of aromatic amines is 1. The van der Waals surface area contributed by atoms with E-state index in [0.29, 0.717) is 6.42 Å². The van der Waals surface area contributed by atoms with Crippen molar-refractivity contribution < 1.29 is 14.6 Å². The number of H-pyrrole nitrogens is 1. The fourth-order valence-electron chi connectivity index (χ4n) is 1.57. The zero-order valence-electron chi connectivity index (χ0n) is 9.93. The van der Waals surface area contributed by atoms with Crippen molar-refractivity contribution in [3.63, 3.8) is 0 Å². The molecule has 1 heterocycles. The number of likely N-dealkylation sites (N-methyl/N-ethyl adjacent to an activating group) is 1. The van der Waals surface area contributed by atoms with Gasteiger partial charge in [0.25, 0.3) is 5.56 Å². The van der Waals surface area contributed by atoms with E-state index >= 15 is 0 Å². The van der Waals surface area contributed by atoms with E-state index in [0.717, 1.165) is 0 Å². The van der Waals surface area contributed by atoms with Gasteiger partial charge in [-0.25, -0.2) is 9.78 Å². The van der Waals surface area contributed by atoms with Gasteiger partial charge < -0.3 is 19.7 Å². The monoisotopic (exact) mass is 241 g/mol. The maximum atomic E-state index is 11.5. The molecule has 0 saturated heterocycles. The number of ether oxygens (including phenoxy) is 1. The fourth-order valence-corrected chi connectivity index (χ4v) is 1.57. The van der Waals surface area contributed by atoms with Gasteiger partial charge in [-0.15, -0.1) is 0 Å². The number of carboxylic acid groups (broad SMARTS) is 1. The van der Waals surface area contributed by atoms with Crippen molar-refractivity contribution in [2.45, 2.75) is 19.4 Å². The average Bonchev–Trinajstić information content (AvgIpc) is 2.28. The molecular formula is C10H15N3O4. The summed E-state index contributed by atoms with van der Waals surface area (Å²) in [4.78, 5) is 30.2. The Morgan fingerprint density at radius 1 is 1.71 bits per heavy atom. The van der Waals surface area contributed by atoms with E-state index in [4.69, 9.17) is 9.84 Å². The van der Waals surface area contributed by atoms with E-state index in [9.17, 15) is 9.59 Å². The Balaban J connectivity index is 3.19. The lowest BCUT2D eigenvalue weighted by Gasteiger charge is -2.25. The molecule has 0 radical (unpaired) electrons. The van der Waals surface area contributed by atoms with Crippen LogP contribution in [0.5, 0.6) is 5.75 Å². The molecule has 0 bridgehead atoms. The van der Waals surface area contributed by atoms with Gasteiger partial charge in [0.2, 0.25) is 5.75 Å². The van der Waals surface area contributed by atoms with Crippen LogP contribution in [0, 0.1) is 0 Å². The number of nitrogens with zero attached hydrogens (tertiary/aromatic N) is 2. The molecule has 0 spiro atoms. The van der Waals surface area contributed by atoms with Gasteiger partial charge in [0.15, 0.2) is 5.82 Å². The first-order chi connectivity index (χ1) is 8.02. The predicted octanol–water partition coefficient (Wildman–Crippen LogP) is 0.0779. The molecule has 0 saturated carbocycles. The lowest BCUT2D eigenvalue weighted by atomic mass is 10.2. The van der Waals surface area contributed by atoms with Gasteiger partial charge in [0.1, 0.15) is 6.04 Å². The van der Waals surface area contributed by atoms with Gasteiger partial charge in [-0.05, 0) is 6.42 Å². The summed E-state index contributed by atoms with van der Waals surface area (Å²) in [5.41, 5.74) is -0.440. The molecule has 0 aliphatic rings. The van der Waals surface area contributed by atoms with Crippen LogP contribution in [0.2, 0.25) is 0 Å². The molecule has 17 heavy (non-hydrogen) atoms. The Morgan fingerprint density at radius 2 is 2.35 bits per heavy atom. The van der Waals surface area contributed by atoms with Crippen molar-refractivity contribution in [1.82, 2.24) is 9.97 Å². The minimum atomic E-state index is -0.973. The second-order valence-corrected chi connectivity index (χ2v) is 3.46. The number of hydrogen-bond donors (Lipinski definition) is 2. The predicted molar refractivity (Wildman–Crippen MR) is 61.5 cm³/mol.